The zero-order valence-electron chi connectivity index (χ0n) is 9.34. The molecule has 0 saturated carbocycles. The van der Waals surface area contributed by atoms with Gasteiger partial charge in [-0.1, -0.05) is 12.1 Å². The van der Waals surface area contributed by atoms with Gasteiger partial charge in [0.1, 0.15) is 6.61 Å². The van der Waals surface area contributed by atoms with Gasteiger partial charge in [-0.05, 0) is 24.6 Å². The van der Waals surface area contributed by atoms with Crippen molar-refractivity contribution in [3.63, 3.8) is 0 Å². The summed E-state index contributed by atoms with van der Waals surface area (Å²) in [6.07, 6.45) is 0. The molecule has 6 nitrogen and oxygen atoms in total. The van der Waals surface area contributed by atoms with Crippen LogP contribution < -0.4 is 11.5 Å². The summed E-state index contributed by atoms with van der Waals surface area (Å²) in [5.74, 6) is -2.43. The normalized spacial score (nSPS) is 13.8. The average molecular weight is 238 g/mol. The van der Waals surface area contributed by atoms with Gasteiger partial charge in [-0.15, -0.1) is 0 Å². The lowest BCUT2D eigenvalue weighted by Crippen LogP contribution is -2.53. The second kappa shape index (κ2) is 4.84. The minimum atomic E-state index is -2.04. The first-order chi connectivity index (χ1) is 7.84. The van der Waals surface area contributed by atoms with E-state index < -0.39 is 17.5 Å². The summed E-state index contributed by atoms with van der Waals surface area (Å²) in [7, 11) is 0. The van der Waals surface area contributed by atoms with Crippen molar-refractivity contribution in [2.24, 2.45) is 5.73 Å². The Balaban J connectivity index is 2.63. The van der Waals surface area contributed by atoms with E-state index >= 15 is 0 Å². The molecule has 0 aromatic heterocycles. The zero-order valence-corrected chi connectivity index (χ0v) is 9.34. The quantitative estimate of drug-likeness (QED) is 0.389. The molecule has 6 heteroatoms. The maximum absolute atomic E-state index is 11.4. The molecule has 0 amide bonds. The molecule has 92 valence electrons. The molecule has 1 aromatic carbocycles. The number of hydrogen-bond acceptors (Lipinski definition) is 5. The highest BCUT2D eigenvalue weighted by molar-refractivity contribution is 6.03. The maximum atomic E-state index is 11.4. The minimum Gasteiger partial charge on any atom is -0.479 e. The Labute approximate surface area is 98.2 Å². The Morgan fingerprint density at radius 3 is 2.65 bits per heavy atom. The van der Waals surface area contributed by atoms with E-state index in [4.69, 9.17) is 21.3 Å². The van der Waals surface area contributed by atoms with Crippen LogP contribution in [-0.4, -0.2) is 22.6 Å². The standard InChI is InChI=1S/C11H14N2O4/c1-11(13,9(14)15)10(16)17-6-7-3-2-4-8(12)5-7/h2-5H,6,12-13H2,1H3,(H,14,15). The maximum Gasteiger partial charge on any atom is 0.337 e. The topological polar surface area (TPSA) is 116 Å². The molecule has 0 aliphatic carbocycles. The van der Waals surface area contributed by atoms with Crippen LogP contribution >= 0.6 is 0 Å². The molecule has 0 aliphatic rings. The third-order valence-electron chi connectivity index (χ3n) is 2.19. The van der Waals surface area contributed by atoms with Crippen LogP contribution in [0.5, 0.6) is 0 Å². The molecule has 0 bridgehead atoms. The Bertz CT molecular complexity index is 443. The number of carbonyl (C=O) groups is 2. The van der Waals surface area contributed by atoms with E-state index in [0.717, 1.165) is 6.92 Å². The van der Waals surface area contributed by atoms with E-state index in [0.29, 0.717) is 11.3 Å². The number of esters is 1. The number of benzene rings is 1. The van der Waals surface area contributed by atoms with Crippen molar-refractivity contribution in [3.8, 4) is 0 Å². The second-order valence-electron chi connectivity index (χ2n) is 3.83. The van der Waals surface area contributed by atoms with Crippen molar-refractivity contribution in [1.29, 1.82) is 0 Å². The number of carboxylic acids is 1. The average Bonchev–Trinajstić information content (AvgIpc) is 2.25. The molecule has 17 heavy (non-hydrogen) atoms. The number of rotatable bonds is 4. The van der Waals surface area contributed by atoms with E-state index in [1.165, 1.54) is 0 Å². The molecule has 1 aromatic rings. The van der Waals surface area contributed by atoms with E-state index in [-0.39, 0.29) is 6.61 Å². The highest BCUT2D eigenvalue weighted by Gasteiger charge is 2.38. The number of aliphatic carboxylic acids is 1. The first-order valence-corrected chi connectivity index (χ1v) is 4.88. The van der Waals surface area contributed by atoms with Gasteiger partial charge in [0.2, 0.25) is 5.54 Å². The van der Waals surface area contributed by atoms with Gasteiger partial charge >= 0.3 is 11.9 Å². The molecular formula is C11H14N2O4. The van der Waals surface area contributed by atoms with E-state index in [1.54, 1.807) is 24.3 Å². The van der Waals surface area contributed by atoms with Gasteiger partial charge in [0.25, 0.3) is 0 Å². The van der Waals surface area contributed by atoms with Crippen molar-refractivity contribution >= 4 is 17.6 Å². The van der Waals surface area contributed by atoms with E-state index in [9.17, 15) is 9.59 Å². The second-order valence-corrected chi connectivity index (χ2v) is 3.83. The Kier molecular flexibility index (Phi) is 3.69. The van der Waals surface area contributed by atoms with Crippen LogP contribution in [-0.2, 0) is 20.9 Å². The number of nitrogen functional groups attached to an aromatic ring is 1. The summed E-state index contributed by atoms with van der Waals surface area (Å²) in [5, 5.41) is 8.71. The van der Waals surface area contributed by atoms with Crippen LogP contribution in [0, 0.1) is 0 Å². The fourth-order valence-corrected chi connectivity index (χ4v) is 1.07. The van der Waals surface area contributed by atoms with Crippen LogP contribution in [0.1, 0.15) is 12.5 Å². The molecule has 1 atom stereocenters. The predicted molar refractivity (Wildman–Crippen MR) is 60.9 cm³/mol. The van der Waals surface area contributed by atoms with Gasteiger partial charge in [0, 0.05) is 5.69 Å². The Hall–Kier alpha value is -2.08. The van der Waals surface area contributed by atoms with Crippen molar-refractivity contribution in [2.45, 2.75) is 19.1 Å². The Morgan fingerprint density at radius 2 is 2.12 bits per heavy atom. The number of carbonyl (C=O) groups excluding carboxylic acids is 1. The summed E-state index contributed by atoms with van der Waals surface area (Å²) in [4.78, 5) is 22.1. The lowest BCUT2D eigenvalue weighted by Gasteiger charge is -2.17. The van der Waals surface area contributed by atoms with Gasteiger partial charge in [0.15, 0.2) is 0 Å². The van der Waals surface area contributed by atoms with Crippen molar-refractivity contribution in [3.05, 3.63) is 29.8 Å². The van der Waals surface area contributed by atoms with Gasteiger partial charge in [0.05, 0.1) is 0 Å². The summed E-state index contributed by atoms with van der Waals surface area (Å²) >= 11 is 0. The first kappa shape index (κ1) is 13.0. The van der Waals surface area contributed by atoms with Crippen LogP contribution in [0.15, 0.2) is 24.3 Å². The first-order valence-electron chi connectivity index (χ1n) is 4.88. The summed E-state index contributed by atoms with van der Waals surface area (Å²) in [5.41, 5.74) is 10.00. The Morgan fingerprint density at radius 1 is 1.47 bits per heavy atom. The van der Waals surface area contributed by atoms with Gasteiger partial charge in [-0.3, -0.25) is 0 Å². The molecule has 0 aliphatic heterocycles. The van der Waals surface area contributed by atoms with E-state index in [1.807, 2.05) is 0 Å². The number of hydrogen-bond donors (Lipinski definition) is 3. The highest BCUT2D eigenvalue weighted by Crippen LogP contribution is 2.10. The third-order valence-corrected chi connectivity index (χ3v) is 2.19. The molecule has 0 spiro atoms. The molecule has 0 saturated heterocycles. The smallest absolute Gasteiger partial charge is 0.337 e. The monoisotopic (exact) mass is 238 g/mol. The van der Waals surface area contributed by atoms with Crippen LogP contribution in [0.25, 0.3) is 0 Å². The SMILES string of the molecule is CC(N)(C(=O)O)C(=O)OCc1cccc(N)c1. The lowest BCUT2D eigenvalue weighted by atomic mass is 10.1. The van der Waals surface area contributed by atoms with Crippen LogP contribution in [0.4, 0.5) is 5.69 Å². The summed E-state index contributed by atoms with van der Waals surface area (Å²) in [6, 6.07) is 6.73. The fourth-order valence-electron chi connectivity index (χ4n) is 1.07. The number of nitrogens with two attached hydrogens (primary N) is 2. The number of anilines is 1. The molecule has 0 fully saturated rings. The van der Waals surface area contributed by atoms with Crippen molar-refractivity contribution in [1.82, 2.24) is 0 Å². The van der Waals surface area contributed by atoms with Gasteiger partial charge in [-0.25, -0.2) is 9.59 Å². The molecule has 0 heterocycles. The van der Waals surface area contributed by atoms with Gasteiger partial charge in [-0.2, -0.15) is 0 Å². The van der Waals surface area contributed by atoms with Crippen LogP contribution in [0.2, 0.25) is 0 Å². The number of carboxylic acid groups (broad SMARTS) is 1. The number of ether oxygens (including phenoxy) is 1. The van der Waals surface area contributed by atoms with Crippen molar-refractivity contribution in [2.75, 3.05) is 5.73 Å². The molecule has 1 rings (SSSR count). The minimum absolute atomic E-state index is 0.0655. The van der Waals surface area contributed by atoms with Crippen LogP contribution in [0.3, 0.4) is 0 Å². The van der Waals surface area contributed by atoms with E-state index in [2.05, 4.69) is 0 Å². The molecule has 5 N–H and O–H groups in total. The summed E-state index contributed by atoms with van der Waals surface area (Å²) < 4.78 is 4.81. The fraction of sp³-hybridized carbons (Fsp3) is 0.273. The predicted octanol–water partition coefficient (Wildman–Crippen LogP) is 0.114. The molecule has 0 radical (unpaired) electrons. The molecule has 1 unspecified atom stereocenters. The highest BCUT2D eigenvalue weighted by atomic mass is 16.5. The zero-order chi connectivity index (χ0) is 13.1. The van der Waals surface area contributed by atoms with Gasteiger partial charge < -0.3 is 21.3 Å². The summed E-state index contributed by atoms with van der Waals surface area (Å²) in [6.45, 7) is 1.01. The largest absolute Gasteiger partial charge is 0.479 e. The lowest BCUT2D eigenvalue weighted by molar-refractivity contribution is -0.160. The van der Waals surface area contributed by atoms with Crippen molar-refractivity contribution < 1.29 is 19.4 Å². The third kappa shape index (κ3) is 3.18. The molecular weight excluding hydrogens is 224 g/mol.